The lowest BCUT2D eigenvalue weighted by Gasteiger charge is -2.10. The molecular formula is C13H14N4O4. The van der Waals surface area contributed by atoms with Gasteiger partial charge in [0, 0.05) is 0 Å². The second-order valence-corrected chi connectivity index (χ2v) is 4.28. The molecule has 0 amide bonds. The number of methoxy groups -OCH3 is 1. The van der Waals surface area contributed by atoms with Crippen molar-refractivity contribution in [1.82, 2.24) is 9.97 Å². The molecule has 110 valence electrons. The Morgan fingerprint density at radius 3 is 2.62 bits per heavy atom. The highest BCUT2D eigenvalue weighted by Crippen LogP contribution is 2.33. The van der Waals surface area contributed by atoms with Gasteiger partial charge in [-0.1, -0.05) is 0 Å². The van der Waals surface area contributed by atoms with E-state index in [1.165, 1.54) is 19.2 Å². The number of nitrogens with two attached hydrogens (primary N) is 1. The van der Waals surface area contributed by atoms with Crippen molar-refractivity contribution < 1.29 is 14.4 Å². The second-order valence-electron chi connectivity index (χ2n) is 4.28. The number of rotatable bonds is 4. The summed E-state index contributed by atoms with van der Waals surface area (Å²) in [6.45, 7) is 3.39. The molecule has 21 heavy (non-hydrogen) atoms. The Morgan fingerprint density at radius 1 is 1.29 bits per heavy atom. The molecular weight excluding hydrogens is 276 g/mol. The standard InChI is InChI=1S/C13H14N4O4/c1-7-12(14)15-8(2)16-13(7)21-9-4-5-11(20-3)10(6-9)17(18)19/h4-6H,1-3H3,(H2,14,15,16). The molecule has 2 N–H and O–H groups in total. The molecule has 0 saturated heterocycles. The van der Waals surface area contributed by atoms with Crippen LogP contribution in [0.5, 0.6) is 17.4 Å². The van der Waals surface area contributed by atoms with Gasteiger partial charge in [0.25, 0.3) is 0 Å². The van der Waals surface area contributed by atoms with Crippen LogP contribution in [-0.2, 0) is 0 Å². The molecule has 1 aromatic heterocycles. The van der Waals surface area contributed by atoms with Crippen LogP contribution in [0.3, 0.4) is 0 Å². The third kappa shape index (κ3) is 2.99. The average molecular weight is 290 g/mol. The number of hydrogen-bond acceptors (Lipinski definition) is 7. The van der Waals surface area contributed by atoms with E-state index >= 15 is 0 Å². The second kappa shape index (κ2) is 5.61. The van der Waals surface area contributed by atoms with Crippen LogP contribution < -0.4 is 15.2 Å². The van der Waals surface area contributed by atoms with Gasteiger partial charge in [-0.3, -0.25) is 10.1 Å². The van der Waals surface area contributed by atoms with Crippen LogP contribution in [0.2, 0.25) is 0 Å². The number of nitrogens with zero attached hydrogens (tertiary/aromatic N) is 3. The minimum Gasteiger partial charge on any atom is -0.490 e. The number of ether oxygens (including phenoxy) is 2. The first-order valence-electron chi connectivity index (χ1n) is 6.03. The van der Waals surface area contributed by atoms with Crippen molar-refractivity contribution in [3.05, 3.63) is 39.7 Å². The fraction of sp³-hybridized carbons (Fsp3) is 0.231. The number of nitro benzene ring substituents is 1. The number of hydrogen-bond donors (Lipinski definition) is 1. The third-order valence-corrected chi connectivity index (χ3v) is 2.81. The Kier molecular flexibility index (Phi) is 3.88. The Labute approximate surface area is 120 Å². The van der Waals surface area contributed by atoms with E-state index in [2.05, 4.69) is 9.97 Å². The monoisotopic (exact) mass is 290 g/mol. The van der Waals surface area contributed by atoms with Crippen molar-refractivity contribution in [2.75, 3.05) is 12.8 Å². The first kappa shape index (κ1) is 14.5. The Bertz CT molecular complexity index is 703. The van der Waals surface area contributed by atoms with Crippen molar-refractivity contribution in [1.29, 1.82) is 0 Å². The van der Waals surface area contributed by atoms with Crippen LogP contribution in [-0.4, -0.2) is 22.0 Å². The largest absolute Gasteiger partial charge is 0.490 e. The lowest BCUT2D eigenvalue weighted by molar-refractivity contribution is -0.385. The zero-order valence-electron chi connectivity index (χ0n) is 11.8. The van der Waals surface area contributed by atoms with Crippen LogP contribution >= 0.6 is 0 Å². The molecule has 2 rings (SSSR count). The van der Waals surface area contributed by atoms with Gasteiger partial charge < -0.3 is 15.2 Å². The number of aryl methyl sites for hydroxylation is 1. The molecule has 0 aliphatic carbocycles. The number of nitrogen functional groups attached to an aromatic ring is 1. The molecule has 8 nitrogen and oxygen atoms in total. The van der Waals surface area contributed by atoms with Gasteiger partial charge >= 0.3 is 5.69 Å². The molecule has 2 aromatic rings. The van der Waals surface area contributed by atoms with Crippen molar-refractivity contribution in [2.45, 2.75) is 13.8 Å². The first-order valence-corrected chi connectivity index (χ1v) is 6.03. The molecule has 0 saturated carbocycles. The average Bonchev–Trinajstić information content (AvgIpc) is 2.44. The summed E-state index contributed by atoms with van der Waals surface area (Å²) in [5, 5.41) is 11.0. The molecule has 8 heteroatoms. The number of anilines is 1. The summed E-state index contributed by atoms with van der Waals surface area (Å²) in [5.41, 5.74) is 6.12. The highest BCUT2D eigenvalue weighted by atomic mass is 16.6. The fourth-order valence-electron chi connectivity index (χ4n) is 1.71. The number of aromatic nitrogens is 2. The lowest BCUT2D eigenvalue weighted by Crippen LogP contribution is -2.02. The van der Waals surface area contributed by atoms with Crippen LogP contribution in [0.4, 0.5) is 11.5 Å². The fourth-order valence-corrected chi connectivity index (χ4v) is 1.71. The summed E-state index contributed by atoms with van der Waals surface area (Å²) in [7, 11) is 1.36. The van der Waals surface area contributed by atoms with E-state index in [9.17, 15) is 10.1 Å². The SMILES string of the molecule is COc1ccc(Oc2nc(C)nc(N)c2C)cc1[N+](=O)[O-]. The predicted molar refractivity (Wildman–Crippen MR) is 75.6 cm³/mol. The van der Waals surface area contributed by atoms with Gasteiger partial charge in [0.2, 0.25) is 5.88 Å². The zero-order valence-corrected chi connectivity index (χ0v) is 11.8. The third-order valence-electron chi connectivity index (χ3n) is 2.81. The van der Waals surface area contributed by atoms with Crippen LogP contribution in [0.1, 0.15) is 11.4 Å². The summed E-state index contributed by atoms with van der Waals surface area (Å²) in [5.74, 6) is 1.45. The Balaban J connectivity index is 2.41. The Morgan fingerprint density at radius 2 is 2.00 bits per heavy atom. The van der Waals surface area contributed by atoms with Gasteiger partial charge in [0.1, 0.15) is 17.4 Å². The topological polar surface area (TPSA) is 113 Å². The highest BCUT2D eigenvalue weighted by molar-refractivity contribution is 5.52. The predicted octanol–water partition coefficient (Wildman–Crippen LogP) is 2.38. The molecule has 0 bridgehead atoms. The van der Waals surface area contributed by atoms with Crippen LogP contribution in [0.25, 0.3) is 0 Å². The molecule has 1 aromatic carbocycles. The van der Waals surface area contributed by atoms with Crippen molar-refractivity contribution in [2.24, 2.45) is 0 Å². The van der Waals surface area contributed by atoms with Gasteiger partial charge in [-0.25, -0.2) is 4.98 Å². The summed E-state index contributed by atoms with van der Waals surface area (Å²) >= 11 is 0. The van der Waals surface area contributed by atoms with Crippen LogP contribution in [0.15, 0.2) is 18.2 Å². The molecule has 0 aliphatic rings. The maximum Gasteiger partial charge on any atom is 0.314 e. The van der Waals surface area contributed by atoms with Gasteiger partial charge in [-0.2, -0.15) is 4.98 Å². The van der Waals surface area contributed by atoms with E-state index in [1.54, 1.807) is 19.9 Å². The van der Waals surface area contributed by atoms with E-state index in [-0.39, 0.29) is 23.1 Å². The smallest absolute Gasteiger partial charge is 0.314 e. The molecule has 0 aliphatic heterocycles. The molecule has 0 radical (unpaired) electrons. The number of nitro groups is 1. The first-order chi connectivity index (χ1) is 9.92. The van der Waals surface area contributed by atoms with E-state index < -0.39 is 4.92 Å². The molecule has 0 fully saturated rings. The van der Waals surface area contributed by atoms with E-state index in [1.807, 2.05) is 0 Å². The van der Waals surface area contributed by atoms with Gasteiger partial charge in [0.05, 0.1) is 23.7 Å². The van der Waals surface area contributed by atoms with Crippen molar-refractivity contribution in [3.8, 4) is 17.4 Å². The van der Waals surface area contributed by atoms with Gasteiger partial charge in [-0.05, 0) is 26.0 Å². The minimum absolute atomic E-state index is 0.155. The minimum atomic E-state index is -0.544. The zero-order chi connectivity index (χ0) is 15.6. The van der Waals surface area contributed by atoms with E-state index in [0.717, 1.165) is 0 Å². The lowest BCUT2D eigenvalue weighted by atomic mass is 10.2. The normalized spacial score (nSPS) is 10.2. The quantitative estimate of drug-likeness (QED) is 0.679. The van der Waals surface area contributed by atoms with E-state index in [0.29, 0.717) is 17.2 Å². The molecule has 1 heterocycles. The van der Waals surface area contributed by atoms with Gasteiger partial charge in [-0.15, -0.1) is 0 Å². The maximum atomic E-state index is 11.0. The Hall–Kier alpha value is -2.90. The summed E-state index contributed by atoms with van der Waals surface area (Å²) in [6, 6.07) is 4.28. The summed E-state index contributed by atoms with van der Waals surface area (Å²) in [6.07, 6.45) is 0. The summed E-state index contributed by atoms with van der Waals surface area (Å²) in [4.78, 5) is 18.6. The molecule has 0 unspecified atom stereocenters. The van der Waals surface area contributed by atoms with Crippen molar-refractivity contribution in [3.63, 3.8) is 0 Å². The number of benzene rings is 1. The van der Waals surface area contributed by atoms with Gasteiger partial charge in [0.15, 0.2) is 5.75 Å². The van der Waals surface area contributed by atoms with E-state index in [4.69, 9.17) is 15.2 Å². The molecule has 0 atom stereocenters. The van der Waals surface area contributed by atoms with Crippen LogP contribution in [0, 0.1) is 24.0 Å². The summed E-state index contributed by atoms with van der Waals surface area (Å²) < 4.78 is 10.5. The van der Waals surface area contributed by atoms with Crippen molar-refractivity contribution >= 4 is 11.5 Å². The maximum absolute atomic E-state index is 11.0. The highest BCUT2D eigenvalue weighted by Gasteiger charge is 2.17. The molecule has 0 spiro atoms.